The Hall–Kier alpha value is -2.24. The zero-order valence-corrected chi connectivity index (χ0v) is 13.5. The van der Waals surface area contributed by atoms with Gasteiger partial charge in [-0.1, -0.05) is 0 Å². The third-order valence-electron chi connectivity index (χ3n) is 5.80. The second kappa shape index (κ2) is 5.69. The minimum atomic E-state index is -0.267. The van der Waals surface area contributed by atoms with Crippen molar-refractivity contribution in [3.8, 4) is 11.5 Å². The van der Waals surface area contributed by atoms with Crippen LogP contribution in [-0.4, -0.2) is 28.0 Å². The fourth-order valence-corrected chi connectivity index (χ4v) is 5.32. The maximum absolute atomic E-state index is 12.2. The van der Waals surface area contributed by atoms with E-state index in [2.05, 4.69) is 15.8 Å². The Balaban J connectivity index is 1.35. The van der Waals surface area contributed by atoms with Crippen molar-refractivity contribution >= 4 is 12.2 Å². The van der Waals surface area contributed by atoms with Gasteiger partial charge in [-0.25, -0.2) is 10.2 Å². The van der Waals surface area contributed by atoms with Crippen LogP contribution in [0.15, 0.2) is 23.3 Å². The van der Waals surface area contributed by atoms with E-state index in [4.69, 9.17) is 0 Å². The van der Waals surface area contributed by atoms with Crippen molar-refractivity contribution in [3.63, 3.8) is 0 Å². The van der Waals surface area contributed by atoms with Crippen LogP contribution in [-0.2, 0) is 0 Å². The van der Waals surface area contributed by atoms with E-state index >= 15 is 0 Å². The molecule has 0 spiro atoms. The van der Waals surface area contributed by atoms with Crippen LogP contribution in [0, 0.1) is 17.8 Å². The molecule has 4 saturated carbocycles. The first-order valence-electron chi connectivity index (χ1n) is 8.64. The van der Waals surface area contributed by atoms with E-state index in [9.17, 15) is 15.0 Å². The highest BCUT2D eigenvalue weighted by atomic mass is 16.3. The SMILES string of the molecule is O=C(N/N=C/c1ccc(O)c(O)c1)NC12CC3CC(CC(C3)C1)C2. The Morgan fingerprint density at radius 2 is 1.71 bits per heavy atom. The Labute approximate surface area is 141 Å². The fraction of sp³-hybridized carbons (Fsp3) is 0.556. The summed E-state index contributed by atoms with van der Waals surface area (Å²) in [4.78, 5) is 12.2. The average molecular weight is 329 g/mol. The van der Waals surface area contributed by atoms with Gasteiger partial charge in [0.15, 0.2) is 11.5 Å². The van der Waals surface area contributed by atoms with Gasteiger partial charge in [-0.15, -0.1) is 0 Å². The zero-order chi connectivity index (χ0) is 16.7. The molecular formula is C18H23N3O3. The number of aromatic hydroxyl groups is 2. The first-order valence-corrected chi connectivity index (χ1v) is 8.64. The molecule has 1 aromatic carbocycles. The van der Waals surface area contributed by atoms with Gasteiger partial charge < -0.3 is 15.5 Å². The Morgan fingerprint density at radius 3 is 2.29 bits per heavy atom. The lowest BCUT2D eigenvalue weighted by Gasteiger charge is -2.56. The van der Waals surface area contributed by atoms with Crippen LogP contribution in [0.2, 0.25) is 0 Å². The van der Waals surface area contributed by atoms with Gasteiger partial charge in [-0.05, 0) is 80.0 Å². The summed E-state index contributed by atoms with van der Waals surface area (Å²) in [6.45, 7) is 0. The summed E-state index contributed by atoms with van der Waals surface area (Å²) < 4.78 is 0. The highest BCUT2D eigenvalue weighted by Gasteiger charge is 2.51. The number of urea groups is 1. The molecule has 2 amide bonds. The zero-order valence-electron chi connectivity index (χ0n) is 13.5. The molecule has 4 N–H and O–H groups in total. The fourth-order valence-electron chi connectivity index (χ4n) is 5.32. The van der Waals surface area contributed by atoms with E-state index in [1.807, 2.05) is 0 Å². The number of rotatable bonds is 3. The molecule has 6 heteroatoms. The number of hydrazone groups is 1. The average Bonchev–Trinajstić information content (AvgIpc) is 2.49. The lowest BCUT2D eigenvalue weighted by molar-refractivity contribution is -0.0135. The van der Waals surface area contributed by atoms with E-state index in [0.717, 1.165) is 37.0 Å². The van der Waals surface area contributed by atoms with Gasteiger partial charge in [0.1, 0.15) is 0 Å². The van der Waals surface area contributed by atoms with Gasteiger partial charge in [-0.3, -0.25) is 0 Å². The minimum Gasteiger partial charge on any atom is -0.504 e. The smallest absolute Gasteiger partial charge is 0.335 e. The summed E-state index contributed by atoms with van der Waals surface area (Å²) in [5.41, 5.74) is 3.08. The molecule has 0 aliphatic heterocycles. The molecule has 5 rings (SSSR count). The number of carbonyl (C=O) groups is 1. The van der Waals surface area contributed by atoms with Crippen molar-refractivity contribution < 1.29 is 15.0 Å². The third kappa shape index (κ3) is 2.92. The number of hydrogen-bond acceptors (Lipinski definition) is 4. The van der Waals surface area contributed by atoms with Crippen molar-refractivity contribution in [3.05, 3.63) is 23.8 Å². The van der Waals surface area contributed by atoms with E-state index in [-0.39, 0.29) is 23.1 Å². The van der Waals surface area contributed by atoms with Crippen LogP contribution in [0.4, 0.5) is 4.79 Å². The standard InChI is InChI=1S/C18H23N3O3/c22-15-2-1-11(6-16(15)23)10-19-21-17(24)20-18-7-12-3-13(8-18)5-14(4-12)9-18/h1-2,6,10,12-14,22-23H,3-5,7-9H2,(H2,20,21,24)/b19-10+. The molecule has 128 valence electrons. The number of nitrogens with one attached hydrogen (secondary N) is 2. The Bertz CT molecular complexity index is 651. The summed E-state index contributed by atoms with van der Waals surface area (Å²) in [5.74, 6) is 1.94. The topological polar surface area (TPSA) is 94.0 Å². The third-order valence-corrected chi connectivity index (χ3v) is 5.80. The van der Waals surface area contributed by atoms with E-state index in [1.165, 1.54) is 37.6 Å². The molecule has 0 saturated heterocycles. The molecule has 24 heavy (non-hydrogen) atoms. The first kappa shape index (κ1) is 15.3. The summed E-state index contributed by atoms with van der Waals surface area (Å²) >= 11 is 0. The molecule has 0 unspecified atom stereocenters. The molecule has 0 radical (unpaired) electrons. The first-order chi connectivity index (χ1) is 11.5. The molecule has 4 aliphatic rings. The lowest BCUT2D eigenvalue weighted by Crippen LogP contribution is -2.61. The Morgan fingerprint density at radius 1 is 1.08 bits per heavy atom. The van der Waals surface area contributed by atoms with Crippen molar-refractivity contribution in [2.24, 2.45) is 22.9 Å². The largest absolute Gasteiger partial charge is 0.504 e. The molecule has 0 heterocycles. The molecule has 1 aromatic rings. The van der Waals surface area contributed by atoms with E-state index in [1.54, 1.807) is 6.07 Å². The molecule has 0 aromatic heterocycles. The molecule has 4 bridgehead atoms. The molecule has 0 atom stereocenters. The number of phenols is 2. The van der Waals surface area contributed by atoms with Crippen molar-refractivity contribution in [2.45, 2.75) is 44.1 Å². The minimum absolute atomic E-state index is 0.0365. The van der Waals surface area contributed by atoms with Crippen LogP contribution in [0.5, 0.6) is 11.5 Å². The van der Waals surface area contributed by atoms with Gasteiger partial charge in [0, 0.05) is 5.54 Å². The van der Waals surface area contributed by atoms with Crippen molar-refractivity contribution in [1.82, 2.24) is 10.7 Å². The summed E-state index contributed by atoms with van der Waals surface area (Å²) in [6.07, 6.45) is 8.76. The van der Waals surface area contributed by atoms with Crippen molar-refractivity contribution in [1.29, 1.82) is 0 Å². The summed E-state index contributed by atoms with van der Waals surface area (Å²) in [7, 11) is 0. The van der Waals surface area contributed by atoms with Gasteiger partial charge in [-0.2, -0.15) is 5.10 Å². The molecule has 4 fully saturated rings. The van der Waals surface area contributed by atoms with Crippen LogP contribution < -0.4 is 10.7 Å². The Kier molecular flexibility index (Phi) is 3.62. The van der Waals surface area contributed by atoms with E-state index in [0.29, 0.717) is 5.56 Å². The van der Waals surface area contributed by atoms with Gasteiger partial charge in [0.05, 0.1) is 6.21 Å². The van der Waals surface area contributed by atoms with Crippen LogP contribution in [0.25, 0.3) is 0 Å². The van der Waals surface area contributed by atoms with Crippen molar-refractivity contribution in [2.75, 3.05) is 0 Å². The lowest BCUT2D eigenvalue weighted by atomic mass is 9.53. The molecule has 4 aliphatic carbocycles. The molecule has 6 nitrogen and oxygen atoms in total. The maximum Gasteiger partial charge on any atom is 0.335 e. The predicted octanol–water partition coefficient (Wildman–Crippen LogP) is 2.70. The monoisotopic (exact) mass is 329 g/mol. The molecular weight excluding hydrogens is 306 g/mol. The maximum atomic E-state index is 12.2. The summed E-state index contributed by atoms with van der Waals surface area (Å²) in [6, 6.07) is 4.11. The van der Waals surface area contributed by atoms with E-state index < -0.39 is 0 Å². The van der Waals surface area contributed by atoms with Gasteiger partial charge in [0.2, 0.25) is 0 Å². The number of benzene rings is 1. The van der Waals surface area contributed by atoms with Crippen LogP contribution in [0.3, 0.4) is 0 Å². The number of phenolic OH excluding ortho intramolecular Hbond substituents is 2. The number of nitrogens with zero attached hydrogens (tertiary/aromatic N) is 1. The summed E-state index contributed by atoms with van der Waals surface area (Å²) in [5, 5.41) is 25.8. The second-order valence-corrected chi connectivity index (χ2v) is 7.77. The number of hydrogen-bond donors (Lipinski definition) is 4. The number of amides is 2. The van der Waals surface area contributed by atoms with Crippen LogP contribution >= 0.6 is 0 Å². The second-order valence-electron chi connectivity index (χ2n) is 7.77. The highest BCUT2D eigenvalue weighted by molar-refractivity contribution is 5.83. The van der Waals surface area contributed by atoms with Crippen LogP contribution in [0.1, 0.15) is 44.1 Å². The quantitative estimate of drug-likeness (QED) is 0.390. The predicted molar refractivity (Wildman–Crippen MR) is 89.9 cm³/mol. The van der Waals surface area contributed by atoms with Gasteiger partial charge >= 0.3 is 6.03 Å². The number of carbonyl (C=O) groups excluding carboxylic acids is 1. The highest BCUT2D eigenvalue weighted by Crippen LogP contribution is 2.55. The normalized spacial score (nSPS) is 33.8. The van der Waals surface area contributed by atoms with Gasteiger partial charge in [0.25, 0.3) is 0 Å².